The Kier molecular flexibility index (Phi) is 4.33. The summed E-state index contributed by atoms with van der Waals surface area (Å²) < 4.78 is 0. The predicted octanol–water partition coefficient (Wildman–Crippen LogP) is 0.570. The summed E-state index contributed by atoms with van der Waals surface area (Å²) in [6.07, 6.45) is 0.944. The summed E-state index contributed by atoms with van der Waals surface area (Å²) in [6.45, 7) is 10.8. The molecule has 0 saturated carbocycles. The molecule has 3 N–H and O–H groups in total. The molecule has 4 heteroatoms. The van der Waals surface area contributed by atoms with Crippen molar-refractivity contribution in [3.05, 3.63) is 0 Å². The number of amides is 1. The first-order chi connectivity index (χ1) is 7.36. The van der Waals surface area contributed by atoms with Crippen LogP contribution in [-0.4, -0.2) is 42.5 Å². The van der Waals surface area contributed by atoms with Crippen molar-refractivity contribution < 1.29 is 4.79 Å². The average Bonchev–Trinajstić information content (AvgIpc) is 2.15. The van der Waals surface area contributed by atoms with Crippen LogP contribution in [0.3, 0.4) is 0 Å². The van der Waals surface area contributed by atoms with E-state index in [1.54, 1.807) is 0 Å². The number of hydrogen-bond donors (Lipinski definition) is 2. The fourth-order valence-corrected chi connectivity index (χ4v) is 2.58. The molecule has 1 saturated heterocycles. The van der Waals surface area contributed by atoms with Crippen LogP contribution in [0.25, 0.3) is 0 Å². The molecule has 1 heterocycles. The molecule has 16 heavy (non-hydrogen) atoms. The lowest BCUT2D eigenvalue weighted by Crippen LogP contribution is -2.60. The monoisotopic (exact) mass is 227 g/mol. The smallest absolute Gasteiger partial charge is 0.234 e. The summed E-state index contributed by atoms with van der Waals surface area (Å²) in [5.41, 5.74) is 6.31. The fourth-order valence-electron chi connectivity index (χ4n) is 2.58. The van der Waals surface area contributed by atoms with Crippen molar-refractivity contribution in [3.63, 3.8) is 0 Å². The maximum Gasteiger partial charge on any atom is 0.234 e. The molecule has 1 aliphatic heterocycles. The Morgan fingerprint density at radius 2 is 2.12 bits per heavy atom. The normalized spacial score (nSPS) is 22.7. The van der Waals surface area contributed by atoms with Gasteiger partial charge in [-0.3, -0.25) is 9.69 Å². The van der Waals surface area contributed by atoms with Gasteiger partial charge in [0.2, 0.25) is 5.91 Å². The molecule has 0 aromatic heterocycles. The van der Waals surface area contributed by atoms with E-state index in [0.717, 1.165) is 19.5 Å². The first-order valence-electron chi connectivity index (χ1n) is 6.12. The Morgan fingerprint density at radius 1 is 1.50 bits per heavy atom. The van der Waals surface area contributed by atoms with Crippen LogP contribution in [0.2, 0.25) is 0 Å². The van der Waals surface area contributed by atoms with E-state index in [1.165, 1.54) is 0 Å². The quantitative estimate of drug-likeness (QED) is 0.741. The zero-order valence-corrected chi connectivity index (χ0v) is 10.9. The minimum atomic E-state index is 0.104. The molecule has 2 atom stereocenters. The van der Waals surface area contributed by atoms with E-state index in [-0.39, 0.29) is 23.4 Å². The third-order valence-corrected chi connectivity index (χ3v) is 3.23. The lowest BCUT2D eigenvalue weighted by atomic mass is 9.80. The van der Waals surface area contributed by atoms with Crippen molar-refractivity contribution in [2.45, 2.75) is 46.2 Å². The van der Waals surface area contributed by atoms with Gasteiger partial charge in [-0.1, -0.05) is 27.7 Å². The van der Waals surface area contributed by atoms with Crippen molar-refractivity contribution in [1.29, 1.82) is 0 Å². The maximum atomic E-state index is 11.4. The topological polar surface area (TPSA) is 58.4 Å². The molecule has 4 nitrogen and oxygen atoms in total. The van der Waals surface area contributed by atoms with E-state index in [0.29, 0.717) is 6.54 Å². The molecule has 0 bridgehead atoms. The number of carbonyl (C=O) groups is 1. The van der Waals surface area contributed by atoms with E-state index in [4.69, 9.17) is 5.73 Å². The standard InChI is InChI=1S/C12H25N3O/c1-5-9(13)11(12(2,3)4)15-7-6-14-10(16)8-15/h9,11H,5-8,13H2,1-4H3,(H,14,16). The highest BCUT2D eigenvalue weighted by atomic mass is 16.2. The summed E-state index contributed by atoms with van der Waals surface area (Å²) in [6, 6.07) is 0.398. The van der Waals surface area contributed by atoms with E-state index in [2.05, 4.69) is 37.9 Å². The van der Waals surface area contributed by atoms with Crippen LogP contribution in [0.5, 0.6) is 0 Å². The largest absolute Gasteiger partial charge is 0.354 e. The molecule has 0 spiro atoms. The molecule has 1 aliphatic rings. The molecule has 1 amide bonds. The van der Waals surface area contributed by atoms with Crippen molar-refractivity contribution >= 4 is 5.91 Å². The Labute approximate surface area is 98.6 Å². The van der Waals surface area contributed by atoms with Crippen molar-refractivity contribution in [3.8, 4) is 0 Å². The van der Waals surface area contributed by atoms with Crippen molar-refractivity contribution in [2.24, 2.45) is 11.1 Å². The number of hydrogen-bond acceptors (Lipinski definition) is 3. The van der Waals surface area contributed by atoms with Crippen molar-refractivity contribution in [2.75, 3.05) is 19.6 Å². The van der Waals surface area contributed by atoms with Crippen LogP contribution >= 0.6 is 0 Å². The van der Waals surface area contributed by atoms with Crippen LogP contribution in [0, 0.1) is 5.41 Å². The van der Waals surface area contributed by atoms with E-state index < -0.39 is 0 Å². The van der Waals surface area contributed by atoms with E-state index >= 15 is 0 Å². The van der Waals surface area contributed by atoms with Crippen molar-refractivity contribution in [1.82, 2.24) is 10.2 Å². The number of nitrogens with one attached hydrogen (secondary N) is 1. The highest BCUT2D eigenvalue weighted by Crippen LogP contribution is 2.27. The SMILES string of the molecule is CCC(N)C(N1CCNC(=O)C1)C(C)(C)C. The van der Waals surface area contributed by atoms with Crippen LogP contribution < -0.4 is 11.1 Å². The second-order valence-electron chi connectivity index (χ2n) is 5.70. The molecule has 0 aromatic carbocycles. The van der Waals surface area contributed by atoms with Crippen LogP contribution in [0.15, 0.2) is 0 Å². The number of nitrogens with two attached hydrogens (primary N) is 1. The maximum absolute atomic E-state index is 11.4. The second kappa shape index (κ2) is 5.15. The molecular weight excluding hydrogens is 202 g/mol. The molecule has 0 aliphatic carbocycles. The van der Waals surface area contributed by atoms with Gasteiger partial charge in [-0.15, -0.1) is 0 Å². The summed E-state index contributed by atoms with van der Waals surface area (Å²) in [5, 5.41) is 2.85. The summed E-state index contributed by atoms with van der Waals surface area (Å²) in [5.74, 6) is 0.115. The van der Waals surface area contributed by atoms with Gasteiger partial charge in [-0.05, 0) is 11.8 Å². The van der Waals surface area contributed by atoms with Gasteiger partial charge in [0.05, 0.1) is 6.54 Å². The van der Waals surface area contributed by atoms with E-state index in [9.17, 15) is 4.79 Å². The third kappa shape index (κ3) is 3.19. The summed E-state index contributed by atoms with van der Waals surface area (Å²) >= 11 is 0. The van der Waals surface area contributed by atoms with Gasteiger partial charge in [-0.2, -0.15) is 0 Å². The van der Waals surface area contributed by atoms with Crippen LogP contribution in [0.1, 0.15) is 34.1 Å². The summed E-state index contributed by atoms with van der Waals surface area (Å²) in [7, 11) is 0. The van der Waals surface area contributed by atoms with Crippen LogP contribution in [0.4, 0.5) is 0 Å². The van der Waals surface area contributed by atoms with Gasteiger partial charge in [-0.25, -0.2) is 0 Å². The zero-order valence-electron chi connectivity index (χ0n) is 10.9. The minimum Gasteiger partial charge on any atom is -0.354 e. The van der Waals surface area contributed by atoms with Crippen LogP contribution in [-0.2, 0) is 4.79 Å². The lowest BCUT2D eigenvalue weighted by Gasteiger charge is -2.44. The zero-order chi connectivity index (χ0) is 12.3. The highest BCUT2D eigenvalue weighted by Gasteiger charge is 2.36. The number of rotatable bonds is 3. The second-order valence-corrected chi connectivity index (χ2v) is 5.70. The Bertz CT molecular complexity index is 247. The van der Waals surface area contributed by atoms with Gasteiger partial charge in [0.1, 0.15) is 0 Å². The predicted molar refractivity (Wildman–Crippen MR) is 66.1 cm³/mol. The first kappa shape index (κ1) is 13.5. The Morgan fingerprint density at radius 3 is 2.56 bits per heavy atom. The van der Waals surface area contributed by atoms with Gasteiger partial charge >= 0.3 is 0 Å². The molecule has 94 valence electrons. The Balaban J connectivity index is 2.79. The molecule has 1 rings (SSSR count). The number of carbonyl (C=O) groups excluding carboxylic acids is 1. The molecular formula is C12H25N3O. The van der Waals surface area contributed by atoms with Gasteiger partial charge < -0.3 is 11.1 Å². The molecule has 1 fully saturated rings. The Hall–Kier alpha value is -0.610. The average molecular weight is 227 g/mol. The van der Waals surface area contributed by atoms with Gasteiger partial charge in [0, 0.05) is 25.2 Å². The molecule has 2 unspecified atom stereocenters. The molecule has 0 aromatic rings. The number of piperazine rings is 1. The summed E-state index contributed by atoms with van der Waals surface area (Å²) in [4.78, 5) is 13.7. The van der Waals surface area contributed by atoms with Gasteiger partial charge in [0.25, 0.3) is 0 Å². The third-order valence-electron chi connectivity index (χ3n) is 3.23. The highest BCUT2D eigenvalue weighted by molar-refractivity contribution is 5.78. The first-order valence-corrected chi connectivity index (χ1v) is 6.12. The number of nitrogens with zero attached hydrogens (tertiary/aromatic N) is 1. The fraction of sp³-hybridized carbons (Fsp3) is 0.917. The lowest BCUT2D eigenvalue weighted by molar-refractivity contribution is -0.126. The van der Waals surface area contributed by atoms with E-state index in [1.807, 2.05) is 0 Å². The minimum absolute atomic E-state index is 0.104. The molecule has 0 radical (unpaired) electrons. The van der Waals surface area contributed by atoms with Gasteiger partial charge in [0.15, 0.2) is 0 Å².